The fourth-order valence-electron chi connectivity index (χ4n) is 3.79. The first kappa shape index (κ1) is 26.2. The molecule has 3 N–H and O–H groups in total. The van der Waals surface area contributed by atoms with Gasteiger partial charge in [-0.1, -0.05) is 0 Å². The number of carbonyl (C=O) groups is 1. The van der Waals surface area contributed by atoms with E-state index in [1.807, 2.05) is 13.8 Å². The van der Waals surface area contributed by atoms with Crippen molar-refractivity contribution >= 4 is 28.6 Å². The SMILES string of the molecule is COc1cc2nccc(Oc3ccc(NC(=O)c4nn(-c5cnc(N)nc5)cc4OC(C)C)nc3)c2cc1OC. The van der Waals surface area contributed by atoms with Gasteiger partial charge in [0.15, 0.2) is 22.9 Å². The summed E-state index contributed by atoms with van der Waals surface area (Å²) in [7, 11) is 3.13. The average molecular weight is 543 g/mol. The Morgan fingerprint density at radius 3 is 2.35 bits per heavy atom. The Balaban J connectivity index is 1.35. The minimum absolute atomic E-state index is 0.0697. The van der Waals surface area contributed by atoms with Gasteiger partial charge in [0.25, 0.3) is 5.91 Å². The van der Waals surface area contributed by atoms with E-state index in [9.17, 15) is 4.79 Å². The van der Waals surface area contributed by atoms with Crippen LogP contribution >= 0.6 is 0 Å². The van der Waals surface area contributed by atoms with Gasteiger partial charge >= 0.3 is 0 Å². The fraction of sp³-hybridized carbons (Fsp3) is 0.185. The minimum Gasteiger partial charge on any atom is -0.493 e. The van der Waals surface area contributed by atoms with Crippen LogP contribution < -0.4 is 30.0 Å². The first-order valence-electron chi connectivity index (χ1n) is 12.1. The van der Waals surface area contributed by atoms with Gasteiger partial charge in [-0.2, -0.15) is 5.10 Å². The second-order valence-corrected chi connectivity index (χ2v) is 8.72. The summed E-state index contributed by atoms with van der Waals surface area (Å²) in [6.07, 6.45) is 7.52. The Kier molecular flexibility index (Phi) is 7.27. The molecule has 4 aromatic heterocycles. The van der Waals surface area contributed by atoms with Gasteiger partial charge in [-0.25, -0.2) is 19.6 Å². The summed E-state index contributed by atoms with van der Waals surface area (Å²) < 4.78 is 24.1. The molecule has 5 aromatic rings. The predicted octanol–water partition coefficient (Wildman–Crippen LogP) is 4.04. The molecule has 204 valence electrons. The number of carbonyl (C=O) groups excluding carboxylic acids is 1. The van der Waals surface area contributed by atoms with Crippen molar-refractivity contribution in [3.63, 3.8) is 0 Å². The topological polar surface area (TPSA) is 161 Å². The molecule has 0 aliphatic carbocycles. The molecule has 40 heavy (non-hydrogen) atoms. The zero-order valence-corrected chi connectivity index (χ0v) is 22.2. The highest BCUT2D eigenvalue weighted by Crippen LogP contribution is 2.36. The van der Waals surface area contributed by atoms with E-state index < -0.39 is 5.91 Å². The van der Waals surface area contributed by atoms with Gasteiger partial charge in [-0.3, -0.25) is 9.78 Å². The number of benzene rings is 1. The third kappa shape index (κ3) is 5.53. The number of pyridine rings is 2. The number of nitrogens with two attached hydrogens (primary N) is 1. The number of fused-ring (bicyclic) bond motifs is 1. The maximum atomic E-state index is 13.1. The van der Waals surface area contributed by atoms with Gasteiger partial charge in [0.1, 0.15) is 23.0 Å². The predicted molar refractivity (Wildman–Crippen MR) is 146 cm³/mol. The van der Waals surface area contributed by atoms with E-state index >= 15 is 0 Å². The molecular formula is C27H26N8O5. The number of nitrogens with zero attached hydrogens (tertiary/aromatic N) is 6. The summed E-state index contributed by atoms with van der Waals surface area (Å²) in [5, 5.41) is 7.84. The molecule has 4 heterocycles. The van der Waals surface area contributed by atoms with Crippen molar-refractivity contribution in [1.82, 2.24) is 29.7 Å². The molecule has 1 aromatic carbocycles. The molecule has 0 aliphatic heterocycles. The molecule has 0 saturated heterocycles. The van der Waals surface area contributed by atoms with Gasteiger partial charge in [-0.05, 0) is 38.1 Å². The smallest absolute Gasteiger partial charge is 0.281 e. The summed E-state index contributed by atoms with van der Waals surface area (Å²) in [6.45, 7) is 3.70. The third-order valence-corrected chi connectivity index (χ3v) is 5.59. The van der Waals surface area contributed by atoms with E-state index in [-0.39, 0.29) is 17.7 Å². The van der Waals surface area contributed by atoms with Crippen molar-refractivity contribution < 1.29 is 23.7 Å². The Morgan fingerprint density at radius 2 is 1.68 bits per heavy atom. The largest absolute Gasteiger partial charge is 0.493 e. The number of nitrogen functional groups attached to an aromatic ring is 1. The molecule has 0 fully saturated rings. The summed E-state index contributed by atoms with van der Waals surface area (Å²) in [5.74, 6) is 2.33. The van der Waals surface area contributed by atoms with Crippen molar-refractivity contribution in [1.29, 1.82) is 0 Å². The van der Waals surface area contributed by atoms with Gasteiger partial charge in [0.05, 0.1) is 50.6 Å². The van der Waals surface area contributed by atoms with Crippen LogP contribution in [0.3, 0.4) is 0 Å². The van der Waals surface area contributed by atoms with Crippen LogP contribution in [0.2, 0.25) is 0 Å². The monoisotopic (exact) mass is 542 g/mol. The van der Waals surface area contributed by atoms with Gasteiger partial charge in [0.2, 0.25) is 5.95 Å². The summed E-state index contributed by atoms with van der Waals surface area (Å²) >= 11 is 0. The zero-order valence-electron chi connectivity index (χ0n) is 22.2. The van der Waals surface area contributed by atoms with Crippen LogP contribution in [0.25, 0.3) is 16.6 Å². The molecule has 0 bridgehead atoms. The number of nitrogens with one attached hydrogen (secondary N) is 1. The van der Waals surface area contributed by atoms with E-state index in [1.54, 1.807) is 56.9 Å². The Morgan fingerprint density at radius 1 is 0.925 bits per heavy atom. The number of anilines is 2. The number of amides is 1. The number of hydrogen-bond donors (Lipinski definition) is 2. The number of methoxy groups -OCH3 is 2. The third-order valence-electron chi connectivity index (χ3n) is 5.59. The lowest BCUT2D eigenvalue weighted by atomic mass is 10.2. The van der Waals surface area contributed by atoms with Crippen LogP contribution in [0.15, 0.2) is 61.3 Å². The van der Waals surface area contributed by atoms with Crippen LogP contribution in [0.4, 0.5) is 11.8 Å². The maximum Gasteiger partial charge on any atom is 0.281 e. The van der Waals surface area contributed by atoms with Crippen LogP contribution in [-0.4, -0.2) is 55.9 Å². The lowest BCUT2D eigenvalue weighted by molar-refractivity contribution is 0.101. The number of hydrogen-bond acceptors (Lipinski definition) is 11. The lowest BCUT2D eigenvalue weighted by Gasteiger charge is -2.12. The van der Waals surface area contributed by atoms with Crippen LogP contribution in [-0.2, 0) is 0 Å². The molecule has 0 atom stereocenters. The van der Waals surface area contributed by atoms with Crippen LogP contribution in [0, 0.1) is 0 Å². The standard InChI is InChI=1S/C27H26N8O5/c1-15(2)39-23-14-35(16-11-31-27(28)32-12-16)34-25(23)26(36)33-24-6-5-17(13-30-24)40-20-7-8-29-19-10-22(38-4)21(37-3)9-18(19)20/h5-15H,1-4H3,(H2,28,31,32)(H,30,33,36). The van der Waals surface area contributed by atoms with E-state index in [4.69, 9.17) is 24.7 Å². The Labute approximate surface area is 228 Å². The van der Waals surface area contributed by atoms with Crippen LogP contribution in [0.5, 0.6) is 28.7 Å². The second-order valence-electron chi connectivity index (χ2n) is 8.72. The van der Waals surface area contributed by atoms with Gasteiger partial charge in [-0.15, -0.1) is 0 Å². The van der Waals surface area contributed by atoms with Crippen molar-refractivity contribution in [3.8, 4) is 34.4 Å². The lowest BCUT2D eigenvalue weighted by Crippen LogP contribution is -2.16. The number of ether oxygens (including phenoxy) is 4. The molecule has 0 spiro atoms. The van der Waals surface area contributed by atoms with Crippen molar-refractivity contribution in [2.75, 3.05) is 25.3 Å². The minimum atomic E-state index is -0.506. The fourth-order valence-corrected chi connectivity index (χ4v) is 3.79. The highest BCUT2D eigenvalue weighted by atomic mass is 16.5. The van der Waals surface area contributed by atoms with Crippen molar-refractivity contribution in [3.05, 3.63) is 67.0 Å². The molecule has 13 heteroatoms. The quantitative estimate of drug-likeness (QED) is 0.276. The molecule has 1 amide bonds. The molecule has 5 rings (SSSR count). The normalized spacial score (nSPS) is 10.9. The van der Waals surface area contributed by atoms with Gasteiger partial charge < -0.3 is 30.0 Å². The molecule has 0 saturated carbocycles. The first-order valence-corrected chi connectivity index (χ1v) is 12.1. The van der Waals surface area contributed by atoms with E-state index in [0.717, 1.165) is 5.39 Å². The highest BCUT2D eigenvalue weighted by Gasteiger charge is 2.21. The summed E-state index contributed by atoms with van der Waals surface area (Å²) in [4.78, 5) is 29.8. The van der Waals surface area contributed by atoms with Crippen LogP contribution in [0.1, 0.15) is 24.3 Å². The summed E-state index contributed by atoms with van der Waals surface area (Å²) in [6, 6.07) is 8.61. The zero-order chi connectivity index (χ0) is 28.2. The molecule has 13 nitrogen and oxygen atoms in total. The molecular weight excluding hydrogens is 516 g/mol. The van der Waals surface area contributed by atoms with E-state index in [1.165, 1.54) is 23.3 Å². The van der Waals surface area contributed by atoms with Crippen molar-refractivity contribution in [2.24, 2.45) is 0 Å². The molecule has 0 unspecified atom stereocenters. The van der Waals surface area contributed by atoms with E-state index in [2.05, 4.69) is 30.4 Å². The Hall–Kier alpha value is -5.46. The number of aromatic nitrogens is 6. The van der Waals surface area contributed by atoms with E-state index in [0.29, 0.717) is 45.8 Å². The molecule has 0 radical (unpaired) electrons. The second kappa shape index (κ2) is 11.1. The highest BCUT2D eigenvalue weighted by molar-refractivity contribution is 6.04. The first-order chi connectivity index (χ1) is 19.3. The number of rotatable bonds is 9. The van der Waals surface area contributed by atoms with Gasteiger partial charge in [0, 0.05) is 17.6 Å². The molecule has 0 aliphatic rings. The Bertz CT molecular complexity index is 1650. The average Bonchev–Trinajstić information content (AvgIpc) is 3.37. The summed E-state index contributed by atoms with van der Waals surface area (Å²) in [5.41, 5.74) is 6.83. The maximum absolute atomic E-state index is 13.1. The van der Waals surface area contributed by atoms with Crippen molar-refractivity contribution in [2.45, 2.75) is 20.0 Å².